The van der Waals surface area contributed by atoms with Crippen LogP contribution >= 0.6 is 11.6 Å². The summed E-state index contributed by atoms with van der Waals surface area (Å²) in [5.41, 5.74) is 0. The highest BCUT2D eigenvalue weighted by molar-refractivity contribution is 6.22. The van der Waals surface area contributed by atoms with Crippen molar-refractivity contribution in [3.05, 3.63) is 0 Å². The fourth-order valence-electron chi connectivity index (χ4n) is 1.13. The van der Waals surface area contributed by atoms with Gasteiger partial charge < -0.3 is 4.74 Å². The largest absolute Gasteiger partial charge is 0.462 e. The predicted molar refractivity (Wildman–Crippen MR) is 39.5 cm³/mol. The number of carbonyl (C=O) groups excluding carboxylic acids is 1. The van der Waals surface area contributed by atoms with Crippen molar-refractivity contribution in [2.24, 2.45) is 0 Å². The van der Waals surface area contributed by atoms with Crippen LogP contribution in [0.1, 0.15) is 19.3 Å². The van der Waals surface area contributed by atoms with Gasteiger partial charge in [0.1, 0.15) is 6.10 Å². The number of esters is 1. The van der Waals surface area contributed by atoms with Crippen molar-refractivity contribution in [3.63, 3.8) is 0 Å². The Morgan fingerprint density at radius 3 is 2.36 bits per heavy atom. The van der Waals surface area contributed by atoms with Crippen LogP contribution in [0.3, 0.4) is 0 Å². The maximum absolute atomic E-state index is 12.6. The molecule has 0 spiro atoms. The Labute approximate surface area is 82.2 Å². The molecule has 0 aliphatic carbocycles. The molecule has 0 amide bonds. The van der Waals surface area contributed by atoms with Crippen molar-refractivity contribution in [3.8, 4) is 0 Å². The molecular formula is C7H7ClF4O2. The SMILES string of the molecule is O=C1CCC(CC(F)(F)C(F)(F)Cl)O1. The number of hydrogen-bond acceptors (Lipinski definition) is 2. The molecule has 1 atom stereocenters. The molecule has 0 N–H and O–H groups in total. The van der Waals surface area contributed by atoms with Crippen molar-refractivity contribution in [2.75, 3.05) is 0 Å². The second-order valence-electron chi connectivity index (χ2n) is 3.06. The molecule has 82 valence electrons. The minimum Gasteiger partial charge on any atom is -0.462 e. The van der Waals surface area contributed by atoms with Crippen LogP contribution in [0.25, 0.3) is 0 Å². The second kappa shape index (κ2) is 3.56. The Hall–Kier alpha value is -0.520. The summed E-state index contributed by atoms with van der Waals surface area (Å²) in [6, 6.07) is 0. The zero-order valence-electron chi connectivity index (χ0n) is 6.90. The average Bonchev–Trinajstić information content (AvgIpc) is 2.31. The number of carbonyl (C=O) groups is 1. The summed E-state index contributed by atoms with van der Waals surface area (Å²) in [5.74, 6) is -5.01. The van der Waals surface area contributed by atoms with Gasteiger partial charge in [0, 0.05) is 6.42 Å². The molecule has 2 nitrogen and oxygen atoms in total. The lowest BCUT2D eigenvalue weighted by atomic mass is 10.1. The molecule has 1 fully saturated rings. The topological polar surface area (TPSA) is 26.3 Å². The molecule has 0 bridgehead atoms. The van der Waals surface area contributed by atoms with Gasteiger partial charge in [0.2, 0.25) is 0 Å². The number of cyclic esters (lactones) is 1. The standard InChI is InChI=1S/C7H7ClF4O2/c8-7(11,12)6(9,10)3-4-1-2-5(13)14-4/h4H,1-3H2. The highest BCUT2D eigenvalue weighted by Gasteiger charge is 2.56. The lowest BCUT2D eigenvalue weighted by Crippen LogP contribution is -2.38. The predicted octanol–water partition coefficient (Wildman–Crippen LogP) is 2.55. The maximum atomic E-state index is 12.6. The van der Waals surface area contributed by atoms with Gasteiger partial charge in [0.25, 0.3) is 0 Å². The van der Waals surface area contributed by atoms with E-state index in [1.54, 1.807) is 0 Å². The summed E-state index contributed by atoms with van der Waals surface area (Å²) in [6.45, 7) is 0. The molecule has 1 saturated heterocycles. The van der Waals surface area contributed by atoms with Gasteiger partial charge in [-0.3, -0.25) is 4.79 Å². The Bertz CT molecular complexity index is 238. The van der Waals surface area contributed by atoms with Crippen LogP contribution in [-0.2, 0) is 9.53 Å². The monoisotopic (exact) mass is 234 g/mol. The Balaban J connectivity index is 2.55. The summed E-state index contributed by atoms with van der Waals surface area (Å²) in [7, 11) is 0. The molecule has 0 aromatic rings. The third-order valence-corrected chi connectivity index (χ3v) is 2.14. The van der Waals surface area contributed by atoms with Gasteiger partial charge in [-0.1, -0.05) is 0 Å². The molecule has 14 heavy (non-hydrogen) atoms. The Morgan fingerprint density at radius 1 is 1.43 bits per heavy atom. The van der Waals surface area contributed by atoms with Crippen molar-refractivity contribution >= 4 is 17.6 Å². The average molecular weight is 235 g/mol. The molecule has 1 unspecified atom stereocenters. The summed E-state index contributed by atoms with van der Waals surface area (Å²) in [6.07, 6.45) is -2.40. The molecule has 1 heterocycles. The highest BCUT2D eigenvalue weighted by Crippen LogP contribution is 2.42. The molecule has 1 aliphatic rings. The van der Waals surface area contributed by atoms with Crippen molar-refractivity contribution in [2.45, 2.75) is 36.7 Å². The van der Waals surface area contributed by atoms with E-state index in [-0.39, 0.29) is 12.8 Å². The zero-order valence-corrected chi connectivity index (χ0v) is 7.66. The Morgan fingerprint density at radius 2 is 2.00 bits per heavy atom. The first-order chi connectivity index (χ1) is 6.22. The molecule has 0 aromatic heterocycles. The van der Waals surface area contributed by atoms with Crippen LogP contribution in [0.15, 0.2) is 0 Å². The van der Waals surface area contributed by atoms with Crippen LogP contribution in [0, 0.1) is 0 Å². The summed E-state index contributed by atoms with van der Waals surface area (Å²) >= 11 is 4.22. The van der Waals surface area contributed by atoms with E-state index >= 15 is 0 Å². The van der Waals surface area contributed by atoms with Gasteiger partial charge in [-0.05, 0) is 18.0 Å². The minimum atomic E-state index is -4.61. The van der Waals surface area contributed by atoms with Crippen LogP contribution in [0.5, 0.6) is 0 Å². The first-order valence-electron chi connectivity index (χ1n) is 3.86. The number of alkyl halides is 5. The summed E-state index contributed by atoms with van der Waals surface area (Å²) in [4.78, 5) is 10.5. The third kappa shape index (κ3) is 2.50. The van der Waals surface area contributed by atoms with E-state index < -0.39 is 29.8 Å². The lowest BCUT2D eigenvalue weighted by molar-refractivity contribution is -0.178. The van der Waals surface area contributed by atoms with E-state index in [4.69, 9.17) is 0 Å². The van der Waals surface area contributed by atoms with E-state index in [1.165, 1.54) is 0 Å². The third-order valence-electron chi connectivity index (χ3n) is 1.87. The van der Waals surface area contributed by atoms with Gasteiger partial charge in [-0.2, -0.15) is 17.6 Å². The maximum Gasteiger partial charge on any atom is 0.384 e. The fourth-order valence-corrected chi connectivity index (χ4v) is 1.21. The van der Waals surface area contributed by atoms with Crippen LogP contribution < -0.4 is 0 Å². The van der Waals surface area contributed by atoms with Crippen LogP contribution in [0.4, 0.5) is 17.6 Å². The number of hydrogen-bond donors (Lipinski definition) is 0. The fraction of sp³-hybridized carbons (Fsp3) is 0.857. The quantitative estimate of drug-likeness (QED) is 0.426. The van der Waals surface area contributed by atoms with Gasteiger partial charge in [0.15, 0.2) is 0 Å². The van der Waals surface area contributed by atoms with Gasteiger partial charge >= 0.3 is 17.3 Å². The van der Waals surface area contributed by atoms with Crippen molar-refractivity contribution in [1.82, 2.24) is 0 Å². The highest BCUT2D eigenvalue weighted by atomic mass is 35.5. The van der Waals surface area contributed by atoms with Gasteiger partial charge in [-0.15, -0.1) is 0 Å². The molecule has 0 saturated carbocycles. The van der Waals surface area contributed by atoms with E-state index in [1.807, 2.05) is 0 Å². The molecule has 7 heteroatoms. The smallest absolute Gasteiger partial charge is 0.384 e. The molecule has 1 aliphatic heterocycles. The van der Waals surface area contributed by atoms with Crippen LogP contribution in [-0.4, -0.2) is 23.4 Å². The second-order valence-corrected chi connectivity index (χ2v) is 3.53. The van der Waals surface area contributed by atoms with Gasteiger partial charge in [0.05, 0.1) is 6.42 Å². The number of ether oxygens (including phenoxy) is 1. The Kier molecular flexibility index (Phi) is 2.94. The minimum absolute atomic E-state index is 0.0192. The number of rotatable bonds is 3. The van der Waals surface area contributed by atoms with E-state index in [0.29, 0.717) is 0 Å². The summed E-state index contributed by atoms with van der Waals surface area (Å²) in [5, 5.41) is -4.61. The van der Waals surface area contributed by atoms with E-state index in [0.717, 1.165) is 0 Å². The van der Waals surface area contributed by atoms with Gasteiger partial charge in [-0.25, -0.2) is 0 Å². The van der Waals surface area contributed by atoms with E-state index in [9.17, 15) is 22.4 Å². The lowest BCUT2D eigenvalue weighted by Gasteiger charge is -2.23. The van der Waals surface area contributed by atoms with E-state index in [2.05, 4.69) is 16.3 Å². The summed E-state index contributed by atoms with van der Waals surface area (Å²) < 4.78 is 53.9. The first kappa shape index (κ1) is 11.6. The van der Waals surface area contributed by atoms with Crippen LogP contribution in [0.2, 0.25) is 0 Å². The first-order valence-corrected chi connectivity index (χ1v) is 4.24. The molecule has 1 rings (SSSR count). The molecular weight excluding hydrogens is 228 g/mol. The zero-order chi connectivity index (χ0) is 11.0. The van der Waals surface area contributed by atoms with Crippen molar-refractivity contribution in [1.29, 1.82) is 0 Å². The molecule has 0 aromatic carbocycles. The molecule has 0 radical (unpaired) electrons. The normalized spacial score (nSPS) is 23.8. The van der Waals surface area contributed by atoms with Crippen molar-refractivity contribution < 1.29 is 27.1 Å². The number of halogens is 5.